The van der Waals surface area contributed by atoms with E-state index in [-0.39, 0.29) is 18.2 Å². The van der Waals surface area contributed by atoms with Crippen LogP contribution in [0.4, 0.5) is 0 Å². The van der Waals surface area contributed by atoms with Gasteiger partial charge in [0.05, 0.1) is 36.8 Å². The Morgan fingerprint density at radius 3 is 2.64 bits per heavy atom. The van der Waals surface area contributed by atoms with Crippen molar-refractivity contribution in [2.45, 2.75) is 38.8 Å². The molecule has 2 aromatic heterocycles. The Labute approximate surface area is 167 Å². The van der Waals surface area contributed by atoms with Crippen LogP contribution in [0.3, 0.4) is 0 Å². The van der Waals surface area contributed by atoms with Gasteiger partial charge < -0.3 is 4.90 Å². The predicted octanol–water partition coefficient (Wildman–Crippen LogP) is 3.08. The van der Waals surface area contributed by atoms with Crippen LogP contribution in [0.2, 0.25) is 0 Å². The summed E-state index contributed by atoms with van der Waals surface area (Å²) in [5.74, 6) is -0.0675. The van der Waals surface area contributed by atoms with Gasteiger partial charge in [0.15, 0.2) is 0 Å². The Morgan fingerprint density at radius 2 is 1.93 bits per heavy atom. The maximum Gasteiger partial charge on any atom is 0.244 e. The van der Waals surface area contributed by atoms with Crippen LogP contribution < -0.4 is 5.43 Å². The van der Waals surface area contributed by atoms with Crippen LogP contribution in [0.25, 0.3) is 0 Å². The summed E-state index contributed by atoms with van der Waals surface area (Å²) in [6, 6.07) is 13.5. The number of aromatic nitrogens is 2. The summed E-state index contributed by atoms with van der Waals surface area (Å²) in [4.78, 5) is 29.8. The zero-order valence-electron chi connectivity index (χ0n) is 15.9. The Balaban J connectivity index is 1.50. The maximum absolute atomic E-state index is 12.9. The average molecular weight is 395 g/mol. The van der Waals surface area contributed by atoms with Crippen molar-refractivity contribution in [1.29, 1.82) is 0 Å². The highest BCUT2D eigenvalue weighted by Crippen LogP contribution is 2.38. The number of nitrogens with zero attached hydrogens (tertiary/aromatic N) is 3. The monoisotopic (exact) mass is 394 g/mol. The maximum atomic E-state index is 12.9. The van der Waals surface area contributed by atoms with Gasteiger partial charge in [0.25, 0.3) is 0 Å². The van der Waals surface area contributed by atoms with Crippen molar-refractivity contribution in [2.24, 2.45) is 0 Å². The van der Waals surface area contributed by atoms with Crippen molar-refractivity contribution in [2.75, 3.05) is 5.43 Å². The fourth-order valence-corrected chi connectivity index (χ4v) is 4.42. The molecular formula is C21H22N4O2S. The minimum atomic E-state index is -0.555. The summed E-state index contributed by atoms with van der Waals surface area (Å²) in [5.41, 5.74) is 5.06. The first-order chi connectivity index (χ1) is 13.4. The molecule has 0 radical (unpaired) electrons. The Bertz CT molecular complexity index is 993. The lowest BCUT2D eigenvalue weighted by atomic mass is 10.0. The molecule has 0 bridgehead atoms. The summed E-state index contributed by atoms with van der Waals surface area (Å²) in [6.07, 6.45) is 2.40. The molecule has 1 aliphatic rings. The highest BCUT2D eigenvalue weighted by molar-refractivity contribution is 7.10. The summed E-state index contributed by atoms with van der Waals surface area (Å²) in [7, 11) is 0. The van der Waals surface area contributed by atoms with Crippen LogP contribution in [0.1, 0.15) is 35.5 Å². The van der Waals surface area contributed by atoms with Crippen LogP contribution in [-0.4, -0.2) is 26.6 Å². The van der Waals surface area contributed by atoms with E-state index in [2.05, 4.69) is 10.5 Å². The minimum Gasteiger partial charge on any atom is -0.327 e. The van der Waals surface area contributed by atoms with Crippen molar-refractivity contribution in [3.05, 3.63) is 75.7 Å². The van der Waals surface area contributed by atoms with Crippen molar-refractivity contribution in [3.63, 3.8) is 0 Å². The van der Waals surface area contributed by atoms with Gasteiger partial charge in [-0.15, -0.1) is 11.3 Å². The van der Waals surface area contributed by atoms with Gasteiger partial charge in [0.2, 0.25) is 11.8 Å². The van der Waals surface area contributed by atoms with Crippen LogP contribution in [0, 0.1) is 0 Å². The fraction of sp³-hybridized carbons (Fsp3) is 0.286. The second kappa shape index (κ2) is 7.24. The molecule has 3 aromatic rings. The van der Waals surface area contributed by atoms with Crippen LogP contribution in [0.5, 0.6) is 0 Å². The summed E-state index contributed by atoms with van der Waals surface area (Å²) in [6.45, 7) is 4.49. The molecule has 0 atom stereocenters. The Kier molecular flexibility index (Phi) is 4.77. The normalized spacial score (nSPS) is 14.7. The topological polar surface area (TPSA) is 67.2 Å². The van der Waals surface area contributed by atoms with E-state index < -0.39 is 5.54 Å². The quantitative estimate of drug-likeness (QED) is 0.723. The molecule has 3 heterocycles. The molecule has 1 N–H and O–H groups in total. The number of nitrogens with one attached hydrogen (secondary N) is 1. The second-order valence-electron chi connectivity index (χ2n) is 7.42. The van der Waals surface area contributed by atoms with E-state index in [1.54, 1.807) is 17.5 Å². The van der Waals surface area contributed by atoms with Crippen LogP contribution in [-0.2, 0) is 34.5 Å². The summed E-state index contributed by atoms with van der Waals surface area (Å²) < 4.78 is 0. The fourth-order valence-electron chi connectivity index (χ4n) is 3.73. The van der Waals surface area contributed by atoms with Crippen LogP contribution in [0.15, 0.2) is 54.0 Å². The number of benzene rings is 1. The van der Waals surface area contributed by atoms with E-state index in [0.717, 1.165) is 21.7 Å². The van der Waals surface area contributed by atoms with Gasteiger partial charge in [-0.1, -0.05) is 36.4 Å². The lowest BCUT2D eigenvalue weighted by molar-refractivity contribution is -0.135. The van der Waals surface area contributed by atoms with Crippen molar-refractivity contribution < 1.29 is 9.59 Å². The third kappa shape index (κ3) is 3.45. The Hall–Kier alpha value is -2.93. The molecule has 0 aliphatic carbocycles. The van der Waals surface area contributed by atoms with E-state index >= 15 is 0 Å². The molecule has 2 amide bonds. The van der Waals surface area contributed by atoms with E-state index in [1.807, 2.05) is 66.6 Å². The zero-order valence-corrected chi connectivity index (χ0v) is 16.7. The molecule has 0 saturated heterocycles. The first-order valence-electron chi connectivity index (χ1n) is 9.19. The lowest BCUT2D eigenvalue weighted by Gasteiger charge is -2.33. The molecule has 1 aliphatic heterocycles. The van der Waals surface area contributed by atoms with Gasteiger partial charge in [-0.3, -0.25) is 9.59 Å². The van der Waals surface area contributed by atoms with Gasteiger partial charge in [-0.25, -0.2) is 5.43 Å². The number of thiophene rings is 1. The van der Waals surface area contributed by atoms with Crippen molar-refractivity contribution >= 4 is 23.2 Å². The minimum absolute atomic E-state index is 0.0748. The van der Waals surface area contributed by atoms with Gasteiger partial charge in [-0.05, 0) is 30.9 Å². The van der Waals surface area contributed by atoms with Gasteiger partial charge in [-0.2, -0.15) is 9.89 Å². The van der Waals surface area contributed by atoms with E-state index in [9.17, 15) is 9.59 Å². The number of fused-ring (bicyclic) bond motifs is 1. The van der Waals surface area contributed by atoms with Crippen LogP contribution >= 0.6 is 11.3 Å². The average Bonchev–Trinajstić information content (AvgIpc) is 3.35. The van der Waals surface area contributed by atoms with E-state index in [0.29, 0.717) is 13.0 Å². The number of rotatable bonds is 5. The van der Waals surface area contributed by atoms with Gasteiger partial charge >= 0.3 is 0 Å². The smallest absolute Gasteiger partial charge is 0.244 e. The predicted molar refractivity (Wildman–Crippen MR) is 108 cm³/mol. The number of carbonyl (C=O) groups is 2. The lowest BCUT2D eigenvalue weighted by Crippen LogP contribution is -2.43. The SMILES string of the molecule is CC1(C)c2c(cnn2NC(=O)Cc2ccccc2)CN1C(=O)Cc1cccs1. The molecule has 4 rings (SSSR count). The molecular weight excluding hydrogens is 372 g/mol. The second-order valence-corrected chi connectivity index (χ2v) is 8.45. The molecule has 7 heteroatoms. The van der Waals surface area contributed by atoms with Gasteiger partial charge in [0, 0.05) is 10.4 Å². The summed E-state index contributed by atoms with van der Waals surface area (Å²) >= 11 is 1.59. The number of amides is 2. The molecule has 0 spiro atoms. The first kappa shape index (κ1) is 18.4. The number of hydrogen-bond donors (Lipinski definition) is 1. The molecule has 144 valence electrons. The zero-order chi connectivity index (χ0) is 19.7. The Morgan fingerprint density at radius 1 is 1.14 bits per heavy atom. The third-order valence-electron chi connectivity index (χ3n) is 5.07. The van der Waals surface area contributed by atoms with E-state index in [1.165, 1.54) is 4.79 Å². The van der Waals surface area contributed by atoms with E-state index in [4.69, 9.17) is 0 Å². The van der Waals surface area contributed by atoms with Gasteiger partial charge in [0.1, 0.15) is 0 Å². The number of carbonyl (C=O) groups excluding carboxylic acids is 2. The molecule has 0 saturated carbocycles. The van der Waals surface area contributed by atoms with Crippen molar-refractivity contribution in [1.82, 2.24) is 14.8 Å². The molecule has 28 heavy (non-hydrogen) atoms. The largest absolute Gasteiger partial charge is 0.327 e. The standard InChI is InChI=1S/C21H22N4O2S/c1-21(2)20-16(14-24(21)19(27)12-17-9-6-10-28-17)13-22-25(20)23-18(26)11-15-7-4-3-5-8-15/h3-10,13H,11-12,14H2,1-2H3,(H,23,26). The number of hydrogen-bond acceptors (Lipinski definition) is 4. The molecule has 1 aromatic carbocycles. The third-order valence-corrected chi connectivity index (χ3v) is 5.95. The molecule has 6 nitrogen and oxygen atoms in total. The highest BCUT2D eigenvalue weighted by Gasteiger charge is 2.43. The molecule has 0 fully saturated rings. The summed E-state index contributed by atoms with van der Waals surface area (Å²) in [5, 5.41) is 6.31. The van der Waals surface area contributed by atoms with Crippen molar-refractivity contribution in [3.8, 4) is 0 Å². The highest BCUT2D eigenvalue weighted by atomic mass is 32.1. The molecule has 0 unspecified atom stereocenters. The first-order valence-corrected chi connectivity index (χ1v) is 10.1.